The summed E-state index contributed by atoms with van der Waals surface area (Å²) in [4.78, 5) is 0. The molecule has 0 bridgehead atoms. The van der Waals surface area contributed by atoms with Gasteiger partial charge in [0.15, 0.2) is 0 Å². The van der Waals surface area contributed by atoms with Gasteiger partial charge in [0, 0.05) is 0 Å². The molecule has 0 radical (unpaired) electrons. The van der Waals surface area contributed by atoms with E-state index in [9.17, 15) is 0 Å². The van der Waals surface area contributed by atoms with Gasteiger partial charge in [-0.15, -0.1) is 0 Å². The second-order valence-corrected chi connectivity index (χ2v) is 2.74. The zero-order chi connectivity index (χ0) is 4.50. The van der Waals surface area contributed by atoms with Crippen molar-refractivity contribution in [1.29, 1.82) is 0 Å². The number of rotatable bonds is 0. The maximum absolute atomic E-state index is 8.63. The van der Waals surface area contributed by atoms with Gasteiger partial charge in [0.2, 0.25) is 0 Å². The van der Waals surface area contributed by atoms with Crippen LogP contribution in [0.5, 0.6) is 0 Å². The Labute approximate surface area is 62.6 Å². The molecule has 4 nitrogen and oxygen atoms in total. The third kappa shape index (κ3) is 57.5. The molecule has 0 unspecified atom stereocenters. The van der Waals surface area contributed by atoms with Crippen LogP contribution in [0.2, 0.25) is 0 Å². The predicted molar refractivity (Wildman–Crippen MR) is 8.24 cm³/mol. The van der Waals surface area contributed by atoms with Crippen LogP contribution in [0.4, 0.5) is 0 Å². The second-order valence-electron chi connectivity index (χ2n) is 0.408. The molecule has 0 aromatic heterocycles. The fraction of sp³-hybridized carbons (Fsp3) is 0. The van der Waals surface area contributed by atoms with Gasteiger partial charge in [-0.25, -0.2) is 0 Å². The van der Waals surface area contributed by atoms with Crippen molar-refractivity contribution >= 4 is 19.0 Å². The summed E-state index contributed by atoms with van der Waals surface area (Å²) in [6, 6.07) is 0. The predicted octanol–water partition coefficient (Wildman–Crippen LogP) is -5.88. The largest absolute Gasteiger partial charge is 1.00 e. The van der Waals surface area contributed by atoms with Crippen molar-refractivity contribution in [2.24, 2.45) is 0 Å². The molecule has 0 aliphatic rings. The Bertz CT molecular complexity index is 94.9. The average molecular weight is 216 g/mol. The zero-order valence-corrected chi connectivity index (χ0v) is 7.37. The first kappa shape index (κ1) is 10.3. The first-order chi connectivity index (χ1) is 2.00. The third-order valence-electron chi connectivity index (χ3n) is 0. The molecule has 0 aliphatic heterocycles. The summed E-state index contributed by atoms with van der Waals surface area (Å²) >= 11 is -6.02. The summed E-state index contributed by atoms with van der Waals surface area (Å²) in [5, 5.41) is 0. The van der Waals surface area contributed by atoms with Crippen LogP contribution in [-0.2, 0) is 6.21 Å². The van der Waals surface area contributed by atoms with Crippen LogP contribution >= 0.6 is 0 Å². The van der Waals surface area contributed by atoms with Crippen LogP contribution in [0.1, 0.15) is 1.43 Å². The van der Waals surface area contributed by atoms with E-state index < -0.39 is 19.0 Å². The normalized spacial score (nSPS) is 9.67. The van der Waals surface area contributed by atoms with E-state index in [0.717, 1.165) is 0 Å². The molecule has 0 aromatic carbocycles. The van der Waals surface area contributed by atoms with E-state index >= 15 is 0 Å². The third-order valence-corrected chi connectivity index (χ3v) is 0. The Kier molecular flexibility index (Phi) is 5.73. The maximum atomic E-state index is 8.63. The summed E-state index contributed by atoms with van der Waals surface area (Å²) in [5.41, 5.74) is 0. The molecule has 32 valence electrons. The van der Waals surface area contributed by atoms with Gasteiger partial charge < -0.3 is 0 Å². The zero-order valence-electron chi connectivity index (χ0n) is 4.04. The standard InChI is InChI=1S/Na.H2O4Te/c;1-5(2,3)4/h;(H2,1,2,3,4)/q+1;/p-1. The molecule has 0 atom stereocenters. The minimum Gasteiger partial charge on any atom is 1.00 e. The van der Waals surface area contributed by atoms with E-state index in [4.69, 9.17) is 13.2 Å². The molecule has 6 heteroatoms. The Morgan fingerprint density at radius 3 is 1.33 bits per heavy atom. The van der Waals surface area contributed by atoms with Crippen LogP contribution < -0.4 is 36.5 Å². The molecule has 0 heterocycles. The SMILES string of the molecule is O=[Te](=O)([O-])[O-].[H+].[Na+]. The van der Waals surface area contributed by atoms with E-state index in [2.05, 4.69) is 0 Å². The summed E-state index contributed by atoms with van der Waals surface area (Å²) in [6.45, 7) is 0. The molecule has 0 aromatic rings. The number of hydrogen-bond donors (Lipinski definition) is 0. The summed E-state index contributed by atoms with van der Waals surface area (Å²) in [7, 11) is 0. The summed E-state index contributed by atoms with van der Waals surface area (Å²) < 4.78 is 34.5. The molecular weight excluding hydrogens is 215 g/mol. The van der Waals surface area contributed by atoms with E-state index in [0.29, 0.717) is 0 Å². The Morgan fingerprint density at radius 2 is 1.33 bits per heavy atom. The van der Waals surface area contributed by atoms with Crippen molar-refractivity contribution in [3.8, 4) is 0 Å². The van der Waals surface area contributed by atoms with E-state index in [1.165, 1.54) is 0 Å². The Balaban J connectivity index is -0.0000000800. The van der Waals surface area contributed by atoms with Gasteiger partial charge in [-0.2, -0.15) is 0 Å². The fourth-order valence-electron chi connectivity index (χ4n) is 0. The molecule has 0 N–H and O–H groups in total. The molecule has 0 fully saturated rings. The first-order valence-electron chi connectivity index (χ1n) is 0.667. The quantitative estimate of drug-likeness (QED) is 0.377. The van der Waals surface area contributed by atoms with Gasteiger partial charge >= 0.3 is 63.1 Å². The molecule has 0 spiro atoms. The Morgan fingerprint density at radius 1 is 1.33 bits per heavy atom. The van der Waals surface area contributed by atoms with Crippen LogP contribution in [0, 0.1) is 0 Å². The minimum atomic E-state index is -6.02. The van der Waals surface area contributed by atoms with Crippen molar-refractivity contribution in [1.82, 2.24) is 0 Å². The van der Waals surface area contributed by atoms with Gasteiger partial charge in [-0.3, -0.25) is 0 Å². The average Bonchev–Trinajstić information content (AvgIpc) is 0.722. The number of hydrogen-bond acceptors (Lipinski definition) is 4. The maximum Gasteiger partial charge on any atom is 1.00 e. The van der Waals surface area contributed by atoms with Crippen molar-refractivity contribution in [2.45, 2.75) is 0 Å². The van der Waals surface area contributed by atoms with Gasteiger partial charge in [-0.1, -0.05) is 0 Å². The minimum absolute atomic E-state index is 0. The fourth-order valence-corrected chi connectivity index (χ4v) is 0. The monoisotopic (exact) mass is 218 g/mol. The smallest absolute Gasteiger partial charge is 1.00 e. The summed E-state index contributed by atoms with van der Waals surface area (Å²) in [6.07, 6.45) is 0. The van der Waals surface area contributed by atoms with Crippen molar-refractivity contribution < 1.29 is 44.1 Å². The van der Waals surface area contributed by atoms with Gasteiger partial charge in [-0.05, 0) is 0 Å². The van der Waals surface area contributed by atoms with E-state index in [1.54, 1.807) is 0 Å². The van der Waals surface area contributed by atoms with Gasteiger partial charge in [0.05, 0.1) is 0 Å². The Hall–Kier alpha value is 1.31. The van der Waals surface area contributed by atoms with Crippen molar-refractivity contribution in [2.75, 3.05) is 0 Å². The molecule has 0 saturated carbocycles. The van der Waals surface area contributed by atoms with Crippen LogP contribution in [0.25, 0.3) is 0 Å². The molecule has 0 amide bonds. The first-order valence-corrected chi connectivity index (χ1v) is 4.47. The summed E-state index contributed by atoms with van der Waals surface area (Å²) in [5.74, 6) is 0. The molecule has 0 aliphatic carbocycles. The van der Waals surface area contributed by atoms with Crippen LogP contribution in [-0.4, -0.2) is 19.0 Å². The van der Waals surface area contributed by atoms with Gasteiger partial charge in [0.1, 0.15) is 0 Å². The van der Waals surface area contributed by atoms with Crippen molar-refractivity contribution in [3.05, 3.63) is 0 Å². The molecule has 0 rings (SSSR count). The van der Waals surface area contributed by atoms with Crippen LogP contribution in [0.15, 0.2) is 0 Å². The van der Waals surface area contributed by atoms with Crippen molar-refractivity contribution in [3.63, 3.8) is 0 Å². The molecule has 6 heavy (non-hydrogen) atoms. The molecule has 0 saturated heterocycles. The second kappa shape index (κ2) is 3.33. The topological polar surface area (TPSA) is 80.3 Å². The molecular formula is HNaO4Te. The van der Waals surface area contributed by atoms with Gasteiger partial charge in [0.25, 0.3) is 0 Å². The van der Waals surface area contributed by atoms with E-state index in [-0.39, 0.29) is 31.0 Å². The van der Waals surface area contributed by atoms with Crippen LogP contribution in [0.3, 0.4) is 0 Å². The van der Waals surface area contributed by atoms with E-state index in [1.807, 2.05) is 0 Å².